The van der Waals surface area contributed by atoms with Gasteiger partial charge in [0.2, 0.25) is 0 Å². The molecule has 0 atom stereocenters. The molecule has 0 unspecified atom stereocenters. The molecule has 0 saturated heterocycles. The maximum atomic E-state index is 4.97. The molecule has 112 valence electrons. The minimum atomic E-state index is 0.574. The van der Waals surface area contributed by atoms with Crippen LogP contribution in [-0.4, -0.2) is 16.1 Å². The monoisotopic (exact) mass is 275 g/mol. The van der Waals surface area contributed by atoms with Crippen molar-refractivity contribution in [3.63, 3.8) is 0 Å². The molecule has 1 fully saturated rings. The van der Waals surface area contributed by atoms with Crippen molar-refractivity contribution in [1.82, 2.24) is 14.9 Å². The van der Waals surface area contributed by atoms with Crippen LogP contribution in [-0.2, 0) is 25.9 Å². The van der Waals surface area contributed by atoms with Crippen molar-refractivity contribution in [2.45, 2.75) is 72.4 Å². The van der Waals surface area contributed by atoms with Crippen molar-refractivity contribution in [2.75, 3.05) is 6.54 Å². The van der Waals surface area contributed by atoms with Crippen LogP contribution in [0.5, 0.6) is 0 Å². The lowest BCUT2D eigenvalue weighted by atomic mass is 9.67. The van der Waals surface area contributed by atoms with Crippen LogP contribution in [0.1, 0.15) is 63.7 Å². The van der Waals surface area contributed by atoms with Gasteiger partial charge in [-0.25, -0.2) is 4.98 Å². The van der Waals surface area contributed by atoms with Gasteiger partial charge in [-0.3, -0.25) is 0 Å². The van der Waals surface area contributed by atoms with Crippen molar-refractivity contribution in [3.8, 4) is 0 Å². The quantitative estimate of drug-likeness (QED) is 0.893. The van der Waals surface area contributed by atoms with Gasteiger partial charge in [-0.2, -0.15) is 0 Å². The van der Waals surface area contributed by atoms with E-state index in [2.05, 4.69) is 30.7 Å². The van der Waals surface area contributed by atoms with E-state index in [1.54, 1.807) is 0 Å². The molecule has 0 amide bonds. The van der Waals surface area contributed by atoms with Crippen LogP contribution in [0, 0.1) is 11.3 Å². The molecule has 1 aromatic rings. The lowest BCUT2D eigenvalue weighted by Gasteiger charge is -2.42. The van der Waals surface area contributed by atoms with E-state index >= 15 is 0 Å². The molecule has 0 radical (unpaired) electrons. The van der Waals surface area contributed by atoms with E-state index in [4.69, 9.17) is 4.98 Å². The van der Waals surface area contributed by atoms with Crippen molar-refractivity contribution in [3.05, 3.63) is 17.2 Å². The summed E-state index contributed by atoms with van der Waals surface area (Å²) in [6.45, 7) is 10.3. The largest absolute Gasteiger partial charge is 0.331 e. The molecule has 0 bridgehead atoms. The van der Waals surface area contributed by atoms with E-state index in [9.17, 15) is 0 Å². The normalized spacial score (nSPS) is 20.8. The summed E-state index contributed by atoms with van der Waals surface area (Å²) < 4.78 is 2.61. The lowest BCUT2D eigenvalue weighted by molar-refractivity contribution is 0.0974. The Hall–Kier alpha value is -0.830. The first-order valence-electron chi connectivity index (χ1n) is 8.41. The standard InChI is InChI=1S/C17H29N3/c1-4-17(7-5-8-17)12-20-15-6-9-18-11-14(15)19-16(20)10-13(2)3/h13,18H,4-12H2,1-3H3. The van der Waals surface area contributed by atoms with Gasteiger partial charge in [-0.15, -0.1) is 0 Å². The SMILES string of the molecule is CCC1(Cn2c(CC(C)C)nc3c2CCNC3)CCC1. The molecule has 0 spiro atoms. The molecule has 3 rings (SSSR count). The third-order valence-corrected chi connectivity index (χ3v) is 5.31. The molecule has 2 aliphatic rings. The maximum Gasteiger partial charge on any atom is 0.109 e. The predicted octanol–water partition coefficient (Wildman–Crippen LogP) is 3.31. The summed E-state index contributed by atoms with van der Waals surface area (Å²) in [5, 5.41) is 3.46. The predicted molar refractivity (Wildman–Crippen MR) is 82.8 cm³/mol. The molecular formula is C17H29N3. The maximum absolute atomic E-state index is 4.97. The molecule has 1 aromatic heterocycles. The van der Waals surface area contributed by atoms with E-state index < -0.39 is 0 Å². The molecule has 1 saturated carbocycles. The summed E-state index contributed by atoms with van der Waals surface area (Å²) in [5.41, 5.74) is 3.42. The molecule has 2 heterocycles. The van der Waals surface area contributed by atoms with E-state index in [1.165, 1.54) is 49.4 Å². The van der Waals surface area contributed by atoms with Crippen LogP contribution in [0.4, 0.5) is 0 Å². The van der Waals surface area contributed by atoms with Gasteiger partial charge >= 0.3 is 0 Å². The van der Waals surface area contributed by atoms with Gasteiger partial charge in [-0.1, -0.05) is 27.2 Å². The minimum absolute atomic E-state index is 0.574. The number of hydrogen-bond donors (Lipinski definition) is 1. The molecular weight excluding hydrogens is 246 g/mol. The average Bonchev–Trinajstić information content (AvgIpc) is 2.70. The second kappa shape index (κ2) is 5.51. The average molecular weight is 275 g/mol. The Morgan fingerprint density at radius 2 is 2.15 bits per heavy atom. The molecule has 3 heteroatoms. The van der Waals surface area contributed by atoms with Crippen molar-refractivity contribution < 1.29 is 0 Å². The van der Waals surface area contributed by atoms with Gasteiger partial charge in [0.05, 0.1) is 5.69 Å². The highest BCUT2D eigenvalue weighted by Crippen LogP contribution is 2.45. The summed E-state index contributed by atoms with van der Waals surface area (Å²) in [6.07, 6.45) is 7.84. The summed E-state index contributed by atoms with van der Waals surface area (Å²) in [5.74, 6) is 2.03. The molecule has 1 N–H and O–H groups in total. The number of aromatic nitrogens is 2. The Labute approximate surface area is 123 Å². The Kier molecular flexibility index (Phi) is 3.89. The summed E-state index contributed by atoms with van der Waals surface area (Å²) in [4.78, 5) is 4.97. The Morgan fingerprint density at radius 3 is 2.75 bits per heavy atom. The first kappa shape index (κ1) is 14.1. The summed E-state index contributed by atoms with van der Waals surface area (Å²) >= 11 is 0. The van der Waals surface area contributed by atoms with E-state index in [0.717, 1.165) is 25.9 Å². The van der Waals surface area contributed by atoms with Crippen LogP contribution in [0.15, 0.2) is 0 Å². The first-order chi connectivity index (χ1) is 9.63. The molecule has 0 aromatic carbocycles. The highest BCUT2D eigenvalue weighted by Gasteiger charge is 2.37. The second-order valence-corrected chi connectivity index (χ2v) is 7.24. The molecule has 20 heavy (non-hydrogen) atoms. The summed E-state index contributed by atoms with van der Waals surface area (Å²) in [7, 11) is 0. The fraction of sp³-hybridized carbons (Fsp3) is 0.824. The molecule has 1 aliphatic heterocycles. The number of imidazole rings is 1. The van der Waals surface area contributed by atoms with E-state index in [1.807, 2.05) is 0 Å². The summed E-state index contributed by atoms with van der Waals surface area (Å²) in [6, 6.07) is 0. The molecule has 1 aliphatic carbocycles. The van der Waals surface area contributed by atoms with Gasteiger partial charge in [-0.05, 0) is 30.6 Å². The zero-order valence-corrected chi connectivity index (χ0v) is 13.3. The van der Waals surface area contributed by atoms with Crippen molar-refractivity contribution >= 4 is 0 Å². The zero-order valence-electron chi connectivity index (χ0n) is 13.3. The van der Waals surface area contributed by atoms with Gasteiger partial charge in [0.1, 0.15) is 5.82 Å². The number of nitrogens with one attached hydrogen (secondary N) is 1. The fourth-order valence-electron chi connectivity index (χ4n) is 3.77. The zero-order chi connectivity index (χ0) is 14.2. The van der Waals surface area contributed by atoms with Crippen LogP contribution in [0.3, 0.4) is 0 Å². The highest BCUT2D eigenvalue weighted by molar-refractivity contribution is 5.21. The lowest BCUT2D eigenvalue weighted by Crippen LogP contribution is -2.35. The van der Waals surface area contributed by atoms with E-state index in [0.29, 0.717) is 11.3 Å². The van der Waals surface area contributed by atoms with Crippen molar-refractivity contribution in [1.29, 1.82) is 0 Å². The van der Waals surface area contributed by atoms with Gasteiger partial charge in [0.15, 0.2) is 0 Å². The third-order valence-electron chi connectivity index (χ3n) is 5.31. The van der Waals surface area contributed by atoms with Gasteiger partial charge in [0, 0.05) is 38.2 Å². The van der Waals surface area contributed by atoms with Crippen LogP contribution in [0.25, 0.3) is 0 Å². The smallest absolute Gasteiger partial charge is 0.109 e. The Balaban J connectivity index is 1.91. The van der Waals surface area contributed by atoms with Crippen molar-refractivity contribution in [2.24, 2.45) is 11.3 Å². The molecule has 3 nitrogen and oxygen atoms in total. The third kappa shape index (κ3) is 2.52. The Morgan fingerprint density at radius 1 is 1.35 bits per heavy atom. The highest BCUT2D eigenvalue weighted by atomic mass is 15.1. The topological polar surface area (TPSA) is 29.9 Å². The number of nitrogens with zero attached hydrogens (tertiary/aromatic N) is 2. The van der Waals surface area contributed by atoms with Crippen LogP contribution >= 0.6 is 0 Å². The first-order valence-corrected chi connectivity index (χ1v) is 8.41. The fourth-order valence-corrected chi connectivity index (χ4v) is 3.77. The number of hydrogen-bond acceptors (Lipinski definition) is 2. The van der Waals surface area contributed by atoms with Gasteiger partial charge in [0.25, 0.3) is 0 Å². The number of fused-ring (bicyclic) bond motifs is 1. The minimum Gasteiger partial charge on any atom is -0.331 e. The Bertz CT molecular complexity index is 463. The second-order valence-electron chi connectivity index (χ2n) is 7.24. The van der Waals surface area contributed by atoms with Gasteiger partial charge < -0.3 is 9.88 Å². The number of rotatable bonds is 5. The van der Waals surface area contributed by atoms with Crippen LogP contribution < -0.4 is 5.32 Å². The van der Waals surface area contributed by atoms with E-state index in [-0.39, 0.29) is 0 Å². The van der Waals surface area contributed by atoms with Crippen LogP contribution in [0.2, 0.25) is 0 Å².